The minimum atomic E-state index is -1.98. The van der Waals surface area contributed by atoms with Gasteiger partial charge in [0.15, 0.2) is 18.9 Å². The molecule has 0 aromatic heterocycles. The Bertz CT molecular complexity index is 1850. The first-order valence-corrected chi connectivity index (χ1v) is 33.2. The van der Waals surface area contributed by atoms with Crippen molar-refractivity contribution < 1.29 is 89.4 Å². The molecule has 3 aliphatic rings. The molecule has 1 amide bonds. The molecule has 19 nitrogen and oxygen atoms in total. The minimum absolute atomic E-state index is 0.236. The number of carbonyl (C=O) groups is 1. The van der Waals surface area contributed by atoms with Gasteiger partial charge in [0.25, 0.3) is 0 Å². The summed E-state index contributed by atoms with van der Waals surface area (Å²) in [4.78, 5) is 13.4. The summed E-state index contributed by atoms with van der Waals surface area (Å²) in [6, 6.07) is -0.978. The molecule has 498 valence electrons. The third-order valence-electron chi connectivity index (χ3n) is 16.3. The average Bonchev–Trinajstić information content (AvgIpc) is 1.96. The van der Waals surface area contributed by atoms with Crippen LogP contribution in [0.15, 0.2) is 72.9 Å². The van der Waals surface area contributed by atoms with Crippen molar-refractivity contribution in [1.82, 2.24) is 5.32 Å². The lowest BCUT2D eigenvalue weighted by Crippen LogP contribution is -2.66. The maximum atomic E-state index is 13.4. The topological polar surface area (TPSA) is 307 Å². The van der Waals surface area contributed by atoms with Gasteiger partial charge in [-0.2, -0.15) is 0 Å². The highest BCUT2D eigenvalue weighted by Crippen LogP contribution is 2.33. The van der Waals surface area contributed by atoms with E-state index in [2.05, 4.69) is 79.9 Å². The van der Waals surface area contributed by atoms with Crippen molar-refractivity contribution in [3.63, 3.8) is 0 Å². The number of hydrogen-bond acceptors (Lipinski definition) is 18. The van der Waals surface area contributed by atoms with E-state index in [1.54, 1.807) is 6.08 Å². The Kier molecular flexibility index (Phi) is 44.1. The van der Waals surface area contributed by atoms with E-state index in [4.69, 9.17) is 28.4 Å². The molecule has 86 heavy (non-hydrogen) atoms. The second-order valence-electron chi connectivity index (χ2n) is 23.6. The van der Waals surface area contributed by atoms with Gasteiger partial charge in [0, 0.05) is 6.42 Å². The summed E-state index contributed by atoms with van der Waals surface area (Å²) in [6.45, 7) is 1.60. The van der Waals surface area contributed by atoms with Gasteiger partial charge in [0.05, 0.1) is 38.6 Å². The van der Waals surface area contributed by atoms with Crippen molar-refractivity contribution >= 4 is 5.91 Å². The molecule has 12 N–H and O–H groups in total. The molecule has 17 unspecified atom stereocenters. The van der Waals surface area contributed by atoms with Gasteiger partial charge in [-0.1, -0.05) is 215 Å². The van der Waals surface area contributed by atoms with Gasteiger partial charge in [-0.25, -0.2) is 0 Å². The normalized spacial score (nSPS) is 29.2. The fraction of sp³-hybridized carbons (Fsp3) is 0.806. The van der Waals surface area contributed by atoms with Crippen LogP contribution < -0.4 is 5.32 Å². The molecule has 3 fully saturated rings. The van der Waals surface area contributed by atoms with Crippen molar-refractivity contribution in [3.8, 4) is 0 Å². The Morgan fingerprint density at radius 3 is 1.26 bits per heavy atom. The van der Waals surface area contributed by atoms with Crippen molar-refractivity contribution in [1.29, 1.82) is 0 Å². The molecule has 0 aliphatic carbocycles. The maximum absolute atomic E-state index is 13.4. The summed E-state index contributed by atoms with van der Waals surface area (Å²) in [5.74, 6) is -0.282. The molecule has 0 saturated carbocycles. The number of aliphatic hydroxyl groups excluding tert-OH is 11. The van der Waals surface area contributed by atoms with Gasteiger partial charge in [0.2, 0.25) is 5.91 Å². The molecular formula is C67H117NO18. The van der Waals surface area contributed by atoms with Crippen molar-refractivity contribution in [2.45, 2.75) is 317 Å². The molecule has 0 bridgehead atoms. The molecule has 0 radical (unpaired) electrons. The van der Waals surface area contributed by atoms with E-state index in [9.17, 15) is 61.0 Å². The minimum Gasteiger partial charge on any atom is -0.394 e. The lowest BCUT2D eigenvalue weighted by Gasteiger charge is -2.48. The van der Waals surface area contributed by atoms with Gasteiger partial charge in [0.1, 0.15) is 73.2 Å². The second-order valence-corrected chi connectivity index (χ2v) is 23.6. The van der Waals surface area contributed by atoms with Gasteiger partial charge >= 0.3 is 0 Å². The van der Waals surface area contributed by atoms with Crippen molar-refractivity contribution in [3.05, 3.63) is 72.9 Å². The second kappa shape index (κ2) is 49.0. The van der Waals surface area contributed by atoms with Crippen LogP contribution >= 0.6 is 0 Å². The van der Waals surface area contributed by atoms with E-state index in [1.165, 1.54) is 96.3 Å². The first kappa shape index (κ1) is 77.5. The lowest BCUT2D eigenvalue weighted by molar-refractivity contribution is -0.379. The smallest absolute Gasteiger partial charge is 0.220 e. The molecule has 17 atom stereocenters. The average molecular weight is 1220 g/mol. The third-order valence-corrected chi connectivity index (χ3v) is 16.3. The molecule has 19 heteroatoms. The summed E-state index contributed by atoms with van der Waals surface area (Å²) in [6.07, 6.45) is 33.0. The monoisotopic (exact) mass is 1220 g/mol. The number of amides is 1. The quantitative estimate of drug-likeness (QED) is 0.0204. The number of rotatable bonds is 49. The Hall–Kier alpha value is -2.77. The summed E-state index contributed by atoms with van der Waals surface area (Å²) in [7, 11) is 0. The van der Waals surface area contributed by atoms with Crippen LogP contribution in [0.5, 0.6) is 0 Å². The first-order chi connectivity index (χ1) is 41.8. The zero-order chi connectivity index (χ0) is 62.6. The highest BCUT2D eigenvalue weighted by atomic mass is 16.8. The van der Waals surface area contributed by atoms with E-state index in [-0.39, 0.29) is 18.9 Å². The first-order valence-electron chi connectivity index (χ1n) is 33.2. The predicted molar refractivity (Wildman–Crippen MR) is 332 cm³/mol. The van der Waals surface area contributed by atoms with Crippen LogP contribution in [-0.4, -0.2) is 193 Å². The number of allylic oxidation sites excluding steroid dienone is 11. The van der Waals surface area contributed by atoms with Crippen LogP contribution in [0.3, 0.4) is 0 Å². The highest BCUT2D eigenvalue weighted by Gasteiger charge is 2.53. The molecule has 3 saturated heterocycles. The third kappa shape index (κ3) is 31.3. The van der Waals surface area contributed by atoms with Gasteiger partial charge in [-0.05, 0) is 64.2 Å². The van der Waals surface area contributed by atoms with Crippen LogP contribution in [0.25, 0.3) is 0 Å². The van der Waals surface area contributed by atoms with Crippen LogP contribution in [0, 0.1) is 0 Å². The Morgan fingerprint density at radius 2 is 0.802 bits per heavy atom. The van der Waals surface area contributed by atoms with Crippen LogP contribution in [0.4, 0.5) is 0 Å². The van der Waals surface area contributed by atoms with E-state index in [0.717, 1.165) is 89.9 Å². The molecular weight excluding hydrogens is 1110 g/mol. The standard InChI is InChI=1S/C67H117NO18/c1-3-5-7-9-11-13-15-17-19-20-21-22-23-24-25-26-27-28-29-30-31-33-35-37-39-41-43-45-55(73)68-50(51(72)44-42-40-38-36-34-32-18-16-14-12-10-8-6-4-2)49-81-65-61(79)58(76)63(53(47-70)83-65)86-67-62(80)59(77)64(54(48-71)84-67)85-66-60(78)57(75)56(74)52(46-69)82-66/h5,7,11,13,17,19,21-22,24-25,42,44,50-54,56-67,69-72,74-80H,3-4,6,8-10,12,14-16,18,20,23,26-41,43,45-49H2,1-2H3,(H,68,73)/b7-5-,13-11-,19-17-,22-21-,25-24-,44-42+. The molecule has 0 aromatic rings. The van der Waals surface area contributed by atoms with E-state index >= 15 is 0 Å². The van der Waals surface area contributed by atoms with Gasteiger partial charge in [-0.3, -0.25) is 4.79 Å². The molecule has 3 heterocycles. The van der Waals surface area contributed by atoms with Gasteiger partial charge < -0.3 is 89.9 Å². The highest BCUT2D eigenvalue weighted by molar-refractivity contribution is 5.76. The van der Waals surface area contributed by atoms with Crippen LogP contribution in [0.2, 0.25) is 0 Å². The molecule has 0 spiro atoms. The largest absolute Gasteiger partial charge is 0.394 e. The maximum Gasteiger partial charge on any atom is 0.220 e. The van der Waals surface area contributed by atoms with Crippen molar-refractivity contribution in [2.24, 2.45) is 0 Å². The number of hydrogen-bond donors (Lipinski definition) is 12. The summed E-state index contributed by atoms with van der Waals surface area (Å²) >= 11 is 0. The predicted octanol–water partition coefficient (Wildman–Crippen LogP) is 7.77. The molecule has 0 aromatic carbocycles. The zero-order valence-electron chi connectivity index (χ0n) is 52.3. The number of nitrogens with one attached hydrogen (secondary N) is 1. The number of unbranched alkanes of at least 4 members (excludes halogenated alkanes) is 23. The fourth-order valence-corrected chi connectivity index (χ4v) is 10.9. The Morgan fingerprint density at radius 1 is 0.430 bits per heavy atom. The molecule has 3 aliphatic heterocycles. The summed E-state index contributed by atoms with van der Waals surface area (Å²) < 4.78 is 34.3. The summed E-state index contributed by atoms with van der Waals surface area (Å²) in [5, 5.41) is 120. The van der Waals surface area contributed by atoms with Crippen LogP contribution in [-0.2, 0) is 33.2 Å². The zero-order valence-corrected chi connectivity index (χ0v) is 52.3. The Balaban J connectivity index is 1.43. The summed E-state index contributed by atoms with van der Waals surface area (Å²) in [5.41, 5.74) is 0. The lowest BCUT2D eigenvalue weighted by atomic mass is 9.96. The van der Waals surface area contributed by atoms with Gasteiger partial charge in [-0.15, -0.1) is 0 Å². The Labute approximate surface area is 515 Å². The number of carbonyl (C=O) groups excluding carboxylic acids is 1. The SMILES string of the molecule is CC/C=C\C/C=C\C/C=C\C/C=C\C/C=C\CCCCCCCCCCCCCC(=O)NC(COC1OC(CO)C(OC2OC(CO)C(OC3OC(CO)C(O)C(O)C3O)C(O)C2O)C(O)C1O)C(O)/C=C/CCCCCCCCCCCCCC. The van der Waals surface area contributed by atoms with E-state index < -0.39 is 124 Å². The molecule has 3 rings (SSSR count). The number of ether oxygens (including phenoxy) is 6. The van der Waals surface area contributed by atoms with E-state index in [1.807, 2.05) is 6.08 Å². The van der Waals surface area contributed by atoms with Crippen molar-refractivity contribution in [2.75, 3.05) is 26.4 Å². The van der Waals surface area contributed by atoms with E-state index in [0.29, 0.717) is 6.42 Å². The fourth-order valence-electron chi connectivity index (χ4n) is 10.9. The van der Waals surface area contributed by atoms with Crippen LogP contribution in [0.1, 0.15) is 213 Å². The number of aliphatic hydroxyl groups is 11.